The van der Waals surface area contributed by atoms with E-state index in [1.54, 1.807) is 0 Å². The van der Waals surface area contributed by atoms with Crippen molar-refractivity contribution in [3.63, 3.8) is 0 Å². The molecule has 0 aromatic carbocycles. The molecule has 1 atom stereocenters. The second-order valence-electron chi connectivity index (χ2n) is 6.18. The zero-order valence-electron chi connectivity index (χ0n) is 12.6. The summed E-state index contributed by atoms with van der Waals surface area (Å²) >= 11 is 0. The Kier molecular flexibility index (Phi) is 6.75. The number of hydrogen-bond donors (Lipinski definition) is 2. The van der Waals surface area contributed by atoms with Crippen molar-refractivity contribution >= 4 is 5.91 Å². The third-order valence-electron chi connectivity index (χ3n) is 3.26. The van der Waals surface area contributed by atoms with Crippen LogP contribution in [0.3, 0.4) is 0 Å². The van der Waals surface area contributed by atoms with Crippen molar-refractivity contribution in [3.8, 4) is 0 Å². The van der Waals surface area contributed by atoms with Crippen LogP contribution in [0.15, 0.2) is 0 Å². The van der Waals surface area contributed by atoms with Gasteiger partial charge in [0.05, 0.1) is 18.1 Å². The number of carbonyl (C=O) groups excluding carboxylic acids is 1. The quantitative estimate of drug-likeness (QED) is 0.742. The first-order valence-electron chi connectivity index (χ1n) is 7.26. The molecular weight excluding hydrogens is 242 g/mol. The minimum absolute atomic E-state index is 0.0896. The normalized spacial score (nSPS) is 21.4. The summed E-state index contributed by atoms with van der Waals surface area (Å²) < 4.78 is 5.73. The number of hydrogen-bond acceptors (Lipinski definition) is 4. The Hall–Kier alpha value is -0.650. The minimum atomic E-state index is -0.0896. The van der Waals surface area contributed by atoms with Crippen LogP contribution >= 0.6 is 0 Å². The first kappa shape index (κ1) is 16.4. The molecule has 19 heavy (non-hydrogen) atoms. The van der Waals surface area contributed by atoms with Gasteiger partial charge in [0, 0.05) is 26.2 Å². The molecule has 3 N–H and O–H groups in total. The number of likely N-dealkylation sites (tertiary alicyclic amines) is 1. The summed E-state index contributed by atoms with van der Waals surface area (Å²) in [5.74, 6) is 0.252. The monoisotopic (exact) mass is 271 g/mol. The zero-order valence-corrected chi connectivity index (χ0v) is 12.6. The summed E-state index contributed by atoms with van der Waals surface area (Å²) in [6.45, 7) is 10.8. The summed E-state index contributed by atoms with van der Waals surface area (Å²) in [6, 6.07) is 0. The molecule has 0 saturated carbocycles. The van der Waals surface area contributed by atoms with Crippen LogP contribution in [-0.2, 0) is 9.53 Å². The van der Waals surface area contributed by atoms with E-state index in [9.17, 15) is 4.79 Å². The van der Waals surface area contributed by atoms with Crippen molar-refractivity contribution in [3.05, 3.63) is 0 Å². The highest BCUT2D eigenvalue weighted by molar-refractivity contribution is 5.78. The first-order chi connectivity index (χ1) is 8.92. The second-order valence-corrected chi connectivity index (χ2v) is 6.18. The molecule has 0 aromatic rings. The van der Waals surface area contributed by atoms with Crippen molar-refractivity contribution < 1.29 is 9.53 Å². The Morgan fingerprint density at radius 1 is 1.47 bits per heavy atom. The van der Waals surface area contributed by atoms with Gasteiger partial charge in [-0.2, -0.15) is 0 Å². The van der Waals surface area contributed by atoms with Gasteiger partial charge in [0.25, 0.3) is 0 Å². The maximum Gasteiger partial charge on any atom is 0.224 e. The number of nitrogens with two attached hydrogens (primary N) is 1. The van der Waals surface area contributed by atoms with Crippen LogP contribution in [0, 0.1) is 5.92 Å². The van der Waals surface area contributed by atoms with E-state index in [1.807, 2.05) is 0 Å². The molecule has 1 heterocycles. The molecule has 1 unspecified atom stereocenters. The molecule has 5 nitrogen and oxygen atoms in total. The van der Waals surface area contributed by atoms with E-state index in [4.69, 9.17) is 10.5 Å². The summed E-state index contributed by atoms with van der Waals surface area (Å²) in [6.07, 6.45) is 2.06. The lowest BCUT2D eigenvalue weighted by molar-refractivity contribution is -0.126. The average Bonchev–Trinajstić information content (AvgIpc) is 2.35. The van der Waals surface area contributed by atoms with E-state index in [0.29, 0.717) is 13.1 Å². The van der Waals surface area contributed by atoms with E-state index in [-0.39, 0.29) is 17.4 Å². The van der Waals surface area contributed by atoms with Gasteiger partial charge in [-0.15, -0.1) is 0 Å². The summed E-state index contributed by atoms with van der Waals surface area (Å²) in [4.78, 5) is 14.2. The van der Waals surface area contributed by atoms with Crippen LogP contribution in [-0.4, -0.2) is 55.7 Å². The van der Waals surface area contributed by atoms with Gasteiger partial charge in [0.1, 0.15) is 0 Å². The van der Waals surface area contributed by atoms with Crippen LogP contribution < -0.4 is 11.1 Å². The fourth-order valence-electron chi connectivity index (χ4n) is 2.29. The number of amides is 1. The molecule has 5 heteroatoms. The molecule has 1 rings (SSSR count). The van der Waals surface area contributed by atoms with Crippen molar-refractivity contribution in [2.24, 2.45) is 11.7 Å². The summed E-state index contributed by atoms with van der Waals surface area (Å²) in [5, 5.41) is 2.88. The van der Waals surface area contributed by atoms with Crippen molar-refractivity contribution in [2.75, 3.05) is 39.3 Å². The smallest absolute Gasteiger partial charge is 0.224 e. The Balaban J connectivity index is 2.27. The van der Waals surface area contributed by atoms with E-state index < -0.39 is 0 Å². The highest BCUT2D eigenvalue weighted by Gasteiger charge is 2.25. The third kappa shape index (κ3) is 6.89. The molecule has 1 aliphatic heterocycles. The van der Waals surface area contributed by atoms with E-state index in [1.165, 1.54) is 0 Å². The molecule has 112 valence electrons. The standard InChI is InChI=1S/C14H29N3O2/c1-14(2,3)19-10-9-17-8-4-5-12(11-17)13(18)16-7-6-15/h12H,4-11,15H2,1-3H3,(H,16,18). The average molecular weight is 271 g/mol. The predicted octanol–water partition coefficient (Wildman–Crippen LogP) is 0.588. The van der Waals surface area contributed by atoms with E-state index >= 15 is 0 Å². The van der Waals surface area contributed by atoms with Gasteiger partial charge in [-0.3, -0.25) is 4.79 Å². The van der Waals surface area contributed by atoms with Gasteiger partial charge >= 0.3 is 0 Å². The molecule has 1 aliphatic rings. The number of ether oxygens (including phenoxy) is 1. The summed E-state index contributed by atoms with van der Waals surface area (Å²) in [7, 11) is 0. The topological polar surface area (TPSA) is 67.6 Å². The first-order valence-corrected chi connectivity index (χ1v) is 7.26. The third-order valence-corrected chi connectivity index (χ3v) is 3.26. The van der Waals surface area contributed by atoms with Crippen LogP contribution in [0.25, 0.3) is 0 Å². The van der Waals surface area contributed by atoms with Crippen LogP contribution in [0.1, 0.15) is 33.6 Å². The number of piperidine rings is 1. The lowest BCUT2D eigenvalue weighted by Gasteiger charge is -2.32. The Bertz CT molecular complexity index is 276. The van der Waals surface area contributed by atoms with Gasteiger partial charge in [0.15, 0.2) is 0 Å². The highest BCUT2D eigenvalue weighted by Crippen LogP contribution is 2.16. The number of nitrogens with one attached hydrogen (secondary N) is 1. The van der Waals surface area contributed by atoms with Crippen LogP contribution in [0.5, 0.6) is 0 Å². The van der Waals surface area contributed by atoms with Gasteiger partial charge in [-0.1, -0.05) is 0 Å². The second kappa shape index (κ2) is 7.82. The molecule has 0 bridgehead atoms. The van der Waals surface area contributed by atoms with Crippen LogP contribution in [0.4, 0.5) is 0 Å². The maximum absolute atomic E-state index is 11.9. The molecule has 1 saturated heterocycles. The fourth-order valence-corrected chi connectivity index (χ4v) is 2.29. The molecule has 0 spiro atoms. The van der Waals surface area contributed by atoms with Gasteiger partial charge in [0.2, 0.25) is 5.91 Å². The van der Waals surface area contributed by atoms with E-state index in [0.717, 1.165) is 39.1 Å². The molecule has 0 radical (unpaired) electrons. The highest BCUT2D eigenvalue weighted by atomic mass is 16.5. The lowest BCUT2D eigenvalue weighted by atomic mass is 9.97. The summed E-state index contributed by atoms with van der Waals surface area (Å²) in [5.41, 5.74) is 5.31. The number of rotatable bonds is 6. The molecule has 1 amide bonds. The lowest BCUT2D eigenvalue weighted by Crippen LogP contribution is -2.45. The molecular formula is C14H29N3O2. The van der Waals surface area contributed by atoms with Gasteiger partial charge < -0.3 is 20.7 Å². The minimum Gasteiger partial charge on any atom is -0.375 e. The SMILES string of the molecule is CC(C)(C)OCCN1CCCC(C(=O)NCCN)C1. The van der Waals surface area contributed by atoms with Crippen molar-refractivity contribution in [1.29, 1.82) is 0 Å². The molecule has 1 fully saturated rings. The Morgan fingerprint density at radius 2 is 2.21 bits per heavy atom. The Morgan fingerprint density at radius 3 is 2.84 bits per heavy atom. The maximum atomic E-state index is 11.9. The van der Waals surface area contributed by atoms with Crippen molar-refractivity contribution in [1.82, 2.24) is 10.2 Å². The van der Waals surface area contributed by atoms with Gasteiger partial charge in [-0.05, 0) is 40.2 Å². The van der Waals surface area contributed by atoms with Crippen molar-refractivity contribution in [2.45, 2.75) is 39.2 Å². The predicted molar refractivity (Wildman–Crippen MR) is 76.9 cm³/mol. The van der Waals surface area contributed by atoms with E-state index in [2.05, 4.69) is 31.0 Å². The Labute approximate surface area is 116 Å². The largest absolute Gasteiger partial charge is 0.375 e. The van der Waals surface area contributed by atoms with Crippen LogP contribution in [0.2, 0.25) is 0 Å². The van der Waals surface area contributed by atoms with Gasteiger partial charge in [-0.25, -0.2) is 0 Å². The fraction of sp³-hybridized carbons (Fsp3) is 0.929. The number of nitrogens with zero attached hydrogens (tertiary/aromatic N) is 1. The molecule has 0 aromatic heterocycles. The zero-order chi connectivity index (χ0) is 14.3. The molecule has 0 aliphatic carbocycles. The number of carbonyl (C=O) groups is 1.